The van der Waals surface area contributed by atoms with Crippen LogP contribution in [0.2, 0.25) is 0 Å². The van der Waals surface area contributed by atoms with E-state index in [1.807, 2.05) is 6.07 Å². The van der Waals surface area contributed by atoms with Gasteiger partial charge in [-0.1, -0.05) is 18.9 Å². The van der Waals surface area contributed by atoms with Crippen LogP contribution < -0.4 is 20.1 Å². The SMILES string of the molecule is O=C(NCC1(c2ccc3c(c2)OCCO3)CCCC1)C1CCNC1. The summed E-state index contributed by atoms with van der Waals surface area (Å²) >= 11 is 0. The number of carbonyl (C=O) groups excluding carboxylic acids is 1. The van der Waals surface area contributed by atoms with Gasteiger partial charge in [0.05, 0.1) is 5.92 Å². The van der Waals surface area contributed by atoms with Gasteiger partial charge in [-0.05, 0) is 43.5 Å². The number of rotatable bonds is 4. The van der Waals surface area contributed by atoms with Gasteiger partial charge in [0.1, 0.15) is 13.2 Å². The molecule has 0 radical (unpaired) electrons. The molecule has 1 unspecified atom stereocenters. The van der Waals surface area contributed by atoms with Crippen LogP contribution in [-0.2, 0) is 10.2 Å². The fourth-order valence-electron chi connectivity index (χ4n) is 4.27. The number of carbonyl (C=O) groups is 1. The van der Waals surface area contributed by atoms with Gasteiger partial charge in [-0.3, -0.25) is 4.79 Å². The van der Waals surface area contributed by atoms with Crippen molar-refractivity contribution in [3.63, 3.8) is 0 Å². The van der Waals surface area contributed by atoms with Crippen molar-refractivity contribution in [1.82, 2.24) is 10.6 Å². The van der Waals surface area contributed by atoms with E-state index < -0.39 is 0 Å². The van der Waals surface area contributed by atoms with Gasteiger partial charge in [0.25, 0.3) is 0 Å². The smallest absolute Gasteiger partial charge is 0.224 e. The third-order valence-electron chi connectivity index (χ3n) is 5.75. The van der Waals surface area contributed by atoms with Crippen LogP contribution in [0.25, 0.3) is 0 Å². The largest absolute Gasteiger partial charge is 0.486 e. The number of ether oxygens (including phenoxy) is 2. The minimum atomic E-state index is 0.0392. The summed E-state index contributed by atoms with van der Waals surface area (Å²) in [6.07, 6.45) is 5.62. The fourth-order valence-corrected chi connectivity index (χ4v) is 4.27. The van der Waals surface area contributed by atoms with Crippen LogP contribution in [0.4, 0.5) is 0 Å². The van der Waals surface area contributed by atoms with Gasteiger partial charge in [-0.15, -0.1) is 0 Å². The van der Waals surface area contributed by atoms with Crippen molar-refractivity contribution < 1.29 is 14.3 Å². The van der Waals surface area contributed by atoms with Gasteiger partial charge < -0.3 is 20.1 Å². The summed E-state index contributed by atoms with van der Waals surface area (Å²) in [7, 11) is 0. The number of hydrogen-bond donors (Lipinski definition) is 2. The number of benzene rings is 1. The Morgan fingerprint density at radius 3 is 2.75 bits per heavy atom. The highest BCUT2D eigenvalue weighted by Gasteiger charge is 2.37. The van der Waals surface area contributed by atoms with Crippen molar-refractivity contribution in [1.29, 1.82) is 0 Å². The zero-order chi connectivity index (χ0) is 16.4. The van der Waals surface area contributed by atoms with Crippen LogP contribution >= 0.6 is 0 Å². The lowest BCUT2D eigenvalue weighted by Crippen LogP contribution is -2.42. The second kappa shape index (κ2) is 6.63. The topological polar surface area (TPSA) is 59.6 Å². The third-order valence-corrected chi connectivity index (χ3v) is 5.75. The first kappa shape index (κ1) is 15.8. The maximum absolute atomic E-state index is 12.4. The lowest BCUT2D eigenvalue weighted by Gasteiger charge is -2.31. The second-order valence-electron chi connectivity index (χ2n) is 7.25. The first-order chi connectivity index (χ1) is 11.8. The van der Waals surface area contributed by atoms with E-state index in [0.717, 1.165) is 50.4 Å². The average Bonchev–Trinajstić information content (AvgIpc) is 3.32. The highest BCUT2D eigenvalue weighted by molar-refractivity contribution is 5.79. The molecule has 1 amide bonds. The summed E-state index contributed by atoms with van der Waals surface area (Å²) in [5, 5.41) is 6.50. The quantitative estimate of drug-likeness (QED) is 0.886. The molecular weight excluding hydrogens is 304 g/mol. The number of fused-ring (bicyclic) bond motifs is 1. The minimum absolute atomic E-state index is 0.0392. The second-order valence-corrected chi connectivity index (χ2v) is 7.25. The maximum atomic E-state index is 12.4. The van der Waals surface area contributed by atoms with Crippen molar-refractivity contribution in [3.8, 4) is 11.5 Å². The minimum Gasteiger partial charge on any atom is -0.486 e. The van der Waals surface area contributed by atoms with Gasteiger partial charge in [0.2, 0.25) is 5.91 Å². The molecule has 130 valence electrons. The Balaban J connectivity index is 1.51. The fraction of sp³-hybridized carbons (Fsp3) is 0.632. The molecule has 1 atom stereocenters. The molecule has 1 aromatic rings. The molecule has 2 heterocycles. The molecule has 3 aliphatic rings. The summed E-state index contributed by atoms with van der Waals surface area (Å²) in [6.45, 7) is 3.70. The van der Waals surface area contributed by atoms with E-state index in [9.17, 15) is 4.79 Å². The summed E-state index contributed by atoms with van der Waals surface area (Å²) in [5.41, 5.74) is 1.31. The molecule has 1 aromatic carbocycles. The molecule has 0 spiro atoms. The molecule has 5 heteroatoms. The molecule has 4 rings (SSSR count). The average molecular weight is 330 g/mol. The number of amides is 1. The van der Waals surface area contributed by atoms with E-state index in [1.165, 1.54) is 18.4 Å². The molecule has 0 bridgehead atoms. The van der Waals surface area contributed by atoms with Gasteiger partial charge in [0.15, 0.2) is 11.5 Å². The Bertz CT molecular complexity index is 605. The molecule has 2 fully saturated rings. The molecule has 24 heavy (non-hydrogen) atoms. The normalized spacial score (nSPS) is 24.8. The Morgan fingerprint density at radius 2 is 2.00 bits per heavy atom. The lowest BCUT2D eigenvalue weighted by molar-refractivity contribution is -0.124. The van der Waals surface area contributed by atoms with E-state index in [0.29, 0.717) is 13.2 Å². The molecule has 2 aliphatic heterocycles. The van der Waals surface area contributed by atoms with Crippen molar-refractivity contribution >= 4 is 5.91 Å². The van der Waals surface area contributed by atoms with Crippen LogP contribution in [0, 0.1) is 5.92 Å². The van der Waals surface area contributed by atoms with Crippen LogP contribution in [-0.4, -0.2) is 38.8 Å². The summed E-state index contributed by atoms with van der Waals surface area (Å²) in [4.78, 5) is 12.4. The first-order valence-electron chi connectivity index (χ1n) is 9.15. The molecule has 1 saturated carbocycles. The van der Waals surface area contributed by atoms with Crippen LogP contribution in [0.3, 0.4) is 0 Å². The highest BCUT2D eigenvalue weighted by atomic mass is 16.6. The van der Waals surface area contributed by atoms with E-state index in [1.54, 1.807) is 0 Å². The monoisotopic (exact) mass is 330 g/mol. The molecule has 5 nitrogen and oxygen atoms in total. The third kappa shape index (κ3) is 2.97. The van der Waals surface area contributed by atoms with Gasteiger partial charge in [0, 0.05) is 18.5 Å². The van der Waals surface area contributed by atoms with E-state index in [4.69, 9.17) is 9.47 Å². The first-order valence-corrected chi connectivity index (χ1v) is 9.15. The Labute approximate surface area is 143 Å². The number of nitrogens with one attached hydrogen (secondary N) is 2. The Kier molecular flexibility index (Phi) is 4.35. The van der Waals surface area contributed by atoms with Crippen molar-refractivity contribution in [3.05, 3.63) is 23.8 Å². The summed E-state index contributed by atoms with van der Waals surface area (Å²) < 4.78 is 11.4. The van der Waals surface area contributed by atoms with Crippen LogP contribution in [0.1, 0.15) is 37.7 Å². The maximum Gasteiger partial charge on any atom is 0.224 e. The highest BCUT2D eigenvalue weighted by Crippen LogP contribution is 2.43. The molecule has 1 aliphatic carbocycles. The molecule has 1 saturated heterocycles. The summed E-state index contributed by atoms with van der Waals surface area (Å²) in [5.74, 6) is 2.00. The van der Waals surface area contributed by atoms with Gasteiger partial charge >= 0.3 is 0 Å². The predicted octanol–water partition coefficient (Wildman–Crippen LogP) is 2.00. The van der Waals surface area contributed by atoms with E-state index >= 15 is 0 Å². The van der Waals surface area contributed by atoms with Crippen molar-refractivity contribution in [2.24, 2.45) is 5.92 Å². The Hall–Kier alpha value is -1.75. The lowest BCUT2D eigenvalue weighted by atomic mass is 9.78. The molecule has 0 aromatic heterocycles. The molecular formula is C19H26N2O3. The van der Waals surface area contributed by atoms with Crippen molar-refractivity contribution in [2.75, 3.05) is 32.8 Å². The Morgan fingerprint density at radius 1 is 1.21 bits per heavy atom. The van der Waals surface area contributed by atoms with E-state index in [-0.39, 0.29) is 17.2 Å². The van der Waals surface area contributed by atoms with Gasteiger partial charge in [-0.2, -0.15) is 0 Å². The van der Waals surface area contributed by atoms with Crippen molar-refractivity contribution in [2.45, 2.75) is 37.5 Å². The standard InChI is InChI=1S/C19H26N2O3/c22-18(14-5-8-20-12-14)21-13-19(6-1-2-7-19)15-3-4-16-17(11-15)24-10-9-23-16/h3-4,11,14,20H,1-2,5-10,12-13H2,(H,21,22). The zero-order valence-corrected chi connectivity index (χ0v) is 14.1. The summed E-state index contributed by atoms with van der Waals surface area (Å²) in [6, 6.07) is 6.30. The zero-order valence-electron chi connectivity index (χ0n) is 14.1. The molecule has 2 N–H and O–H groups in total. The van der Waals surface area contributed by atoms with Crippen LogP contribution in [0.5, 0.6) is 11.5 Å². The predicted molar refractivity (Wildman–Crippen MR) is 91.6 cm³/mol. The van der Waals surface area contributed by atoms with Crippen LogP contribution in [0.15, 0.2) is 18.2 Å². The van der Waals surface area contributed by atoms with E-state index in [2.05, 4.69) is 22.8 Å². The van der Waals surface area contributed by atoms with Gasteiger partial charge in [-0.25, -0.2) is 0 Å². The number of hydrogen-bond acceptors (Lipinski definition) is 4.